The number of rotatable bonds is 3. The molecule has 126 valence electrons. The Morgan fingerprint density at radius 3 is 2.46 bits per heavy atom. The van der Waals surface area contributed by atoms with E-state index < -0.39 is 5.82 Å². The van der Waals surface area contributed by atoms with E-state index in [4.69, 9.17) is 16.3 Å². The first kappa shape index (κ1) is 16.6. The van der Waals surface area contributed by atoms with Crippen LogP contribution < -0.4 is 4.74 Å². The molecule has 1 aliphatic rings. The fourth-order valence-electron chi connectivity index (χ4n) is 2.73. The lowest BCUT2D eigenvalue weighted by Gasteiger charge is -2.32. The van der Waals surface area contributed by atoms with Crippen molar-refractivity contribution in [1.29, 1.82) is 0 Å². The Hall–Kier alpha value is -2.27. The second-order valence-electron chi connectivity index (χ2n) is 5.73. The van der Waals surface area contributed by atoms with Crippen molar-refractivity contribution in [3.63, 3.8) is 0 Å². The third-order valence-electron chi connectivity index (χ3n) is 4.03. The average Bonchev–Trinajstić information content (AvgIpc) is 2.57. The Morgan fingerprint density at radius 1 is 1.17 bits per heavy atom. The van der Waals surface area contributed by atoms with Crippen molar-refractivity contribution in [2.75, 3.05) is 13.1 Å². The molecule has 1 fully saturated rings. The second-order valence-corrected chi connectivity index (χ2v) is 6.16. The largest absolute Gasteiger partial charge is 0.508 e. The summed E-state index contributed by atoms with van der Waals surface area (Å²) in [6.07, 6.45) is 1.36. The zero-order valence-electron chi connectivity index (χ0n) is 12.9. The van der Waals surface area contributed by atoms with Crippen LogP contribution in [0.5, 0.6) is 11.5 Å². The molecule has 1 N–H and O–H groups in total. The molecule has 0 saturated carbocycles. The van der Waals surface area contributed by atoms with E-state index in [1.54, 1.807) is 17.0 Å². The Bertz CT molecular complexity index is 728. The molecule has 0 atom stereocenters. The standard InChI is InChI=1S/C18H17ClFNO3/c19-12-1-4-14(5-2-12)24-15-7-9-21(10-8-15)18(23)16-6-3-13(22)11-17(16)20/h1-6,11,15,22H,7-10H2. The van der Waals surface area contributed by atoms with Crippen molar-refractivity contribution >= 4 is 17.5 Å². The molecule has 24 heavy (non-hydrogen) atoms. The molecule has 2 aromatic rings. The predicted molar refractivity (Wildman–Crippen MR) is 89.1 cm³/mol. The zero-order chi connectivity index (χ0) is 17.1. The van der Waals surface area contributed by atoms with E-state index in [0.29, 0.717) is 31.0 Å². The summed E-state index contributed by atoms with van der Waals surface area (Å²) in [5.74, 6) is -0.523. The van der Waals surface area contributed by atoms with Gasteiger partial charge in [0.2, 0.25) is 0 Å². The van der Waals surface area contributed by atoms with E-state index >= 15 is 0 Å². The first-order chi connectivity index (χ1) is 11.5. The van der Waals surface area contributed by atoms with Gasteiger partial charge >= 0.3 is 0 Å². The number of nitrogens with zero attached hydrogens (tertiary/aromatic N) is 1. The van der Waals surface area contributed by atoms with E-state index in [1.165, 1.54) is 12.1 Å². The molecule has 0 aliphatic carbocycles. The highest BCUT2D eigenvalue weighted by Gasteiger charge is 2.26. The molecule has 0 spiro atoms. The van der Waals surface area contributed by atoms with Crippen molar-refractivity contribution in [1.82, 2.24) is 4.90 Å². The third-order valence-corrected chi connectivity index (χ3v) is 4.28. The van der Waals surface area contributed by atoms with Crippen molar-refractivity contribution in [2.24, 2.45) is 0 Å². The summed E-state index contributed by atoms with van der Waals surface area (Å²) in [6, 6.07) is 10.7. The number of hydrogen-bond acceptors (Lipinski definition) is 3. The van der Waals surface area contributed by atoms with Crippen LogP contribution in [0.3, 0.4) is 0 Å². The number of carbonyl (C=O) groups excluding carboxylic acids is 1. The van der Waals surface area contributed by atoms with Gasteiger partial charge in [0.1, 0.15) is 23.4 Å². The van der Waals surface area contributed by atoms with Gasteiger partial charge in [0.25, 0.3) is 5.91 Å². The lowest BCUT2D eigenvalue weighted by Crippen LogP contribution is -2.42. The number of halogens is 2. The van der Waals surface area contributed by atoms with E-state index in [-0.39, 0.29) is 23.3 Å². The number of amides is 1. The number of carbonyl (C=O) groups is 1. The van der Waals surface area contributed by atoms with Crippen LogP contribution in [0.25, 0.3) is 0 Å². The maximum absolute atomic E-state index is 13.8. The number of aromatic hydroxyl groups is 1. The van der Waals surface area contributed by atoms with Crippen LogP contribution in [0.1, 0.15) is 23.2 Å². The number of phenols is 1. The smallest absolute Gasteiger partial charge is 0.256 e. The van der Waals surface area contributed by atoms with Crippen LogP contribution in [0.4, 0.5) is 4.39 Å². The van der Waals surface area contributed by atoms with Crippen LogP contribution in [-0.2, 0) is 0 Å². The summed E-state index contributed by atoms with van der Waals surface area (Å²) in [6.45, 7) is 0.995. The summed E-state index contributed by atoms with van der Waals surface area (Å²) in [7, 11) is 0. The van der Waals surface area contributed by atoms with Gasteiger partial charge in [0.15, 0.2) is 0 Å². The minimum absolute atomic E-state index is 0.0138. The normalized spacial score (nSPS) is 15.3. The number of piperidine rings is 1. The van der Waals surface area contributed by atoms with Gasteiger partial charge < -0.3 is 14.7 Å². The monoisotopic (exact) mass is 349 g/mol. The topological polar surface area (TPSA) is 49.8 Å². The van der Waals surface area contributed by atoms with E-state index in [9.17, 15) is 14.3 Å². The first-order valence-corrected chi connectivity index (χ1v) is 8.11. The van der Waals surface area contributed by atoms with E-state index in [0.717, 1.165) is 11.8 Å². The minimum Gasteiger partial charge on any atom is -0.508 e. The summed E-state index contributed by atoms with van der Waals surface area (Å²) >= 11 is 5.84. The van der Waals surface area contributed by atoms with Gasteiger partial charge in [-0.1, -0.05) is 11.6 Å². The van der Waals surface area contributed by atoms with Gasteiger partial charge in [-0.15, -0.1) is 0 Å². The first-order valence-electron chi connectivity index (χ1n) is 7.73. The maximum atomic E-state index is 13.8. The number of likely N-dealkylation sites (tertiary alicyclic amines) is 1. The molecule has 0 radical (unpaired) electrons. The molecule has 4 nitrogen and oxygen atoms in total. The highest BCUT2D eigenvalue weighted by Crippen LogP contribution is 2.23. The van der Waals surface area contributed by atoms with Crippen molar-refractivity contribution in [2.45, 2.75) is 18.9 Å². The molecule has 1 heterocycles. The van der Waals surface area contributed by atoms with Gasteiger partial charge in [0, 0.05) is 37.0 Å². The molecule has 2 aromatic carbocycles. The number of benzene rings is 2. The summed E-state index contributed by atoms with van der Waals surface area (Å²) in [5.41, 5.74) is -0.0233. The van der Waals surface area contributed by atoms with Gasteiger partial charge in [-0.3, -0.25) is 4.79 Å². The Labute approximate surface area is 144 Å². The van der Waals surface area contributed by atoms with Crippen LogP contribution >= 0.6 is 11.6 Å². The van der Waals surface area contributed by atoms with Crippen molar-refractivity contribution in [3.05, 3.63) is 58.9 Å². The van der Waals surface area contributed by atoms with Gasteiger partial charge in [-0.2, -0.15) is 0 Å². The average molecular weight is 350 g/mol. The third kappa shape index (κ3) is 3.79. The Kier molecular flexibility index (Phi) is 4.90. The van der Waals surface area contributed by atoms with Crippen LogP contribution in [0.2, 0.25) is 5.02 Å². The fraction of sp³-hybridized carbons (Fsp3) is 0.278. The number of ether oxygens (including phenoxy) is 1. The molecule has 1 aliphatic heterocycles. The zero-order valence-corrected chi connectivity index (χ0v) is 13.7. The highest BCUT2D eigenvalue weighted by atomic mass is 35.5. The summed E-state index contributed by atoms with van der Waals surface area (Å²) in [4.78, 5) is 14.0. The molecule has 1 saturated heterocycles. The Morgan fingerprint density at radius 2 is 1.83 bits per heavy atom. The summed E-state index contributed by atoms with van der Waals surface area (Å²) in [5, 5.41) is 9.88. The molecule has 1 amide bonds. The molecule has 0 unspecified atom stereocenters. The van der Waals surface area contributed by atoms with Gasteiger partial charge in [-0.05, 0) is 36.4 Å². The maximum Gasteiger partial charge on any atom is 0.256 e. The minimum atomic E-state index is -0.709. The molecule has 6 heteroatoms. The van der Waals surface area contributed by atoms with E-state index in [1.807, 2.05) is 12.1 Å². The number of phenolic OH excluding ortho intramolecular Hbond substituents is 1. The molecule has 3 rings (SSSR count). The molecule has 0 bridgehead atoms. The molecular formula is C18H17ClFNO3. The molecular weight excluding hydrogens is 333 g/mol. The fourth-order valence-corrected chi connectivity index (χ4v) is 2.86. The van der Waals surface area contributed by atoms with Crippen LogP contribution in [0.15, 0.2) is 42.5 Å². The lowest BCUT2D eigenvalue weighted by atomic mass is 10.1. The number of hydrogen-bond donors (Lipinski definition) is 1. The van der Waals surface area contributed by atoms with Gasteiger partial charge in [0.05, 0.1) is 5.56 Å². The SMILES string of the molecule is O=C(c1ccc(O)cc1F)N1CCC(Oc2ccc(Cl)cc2)CC1. The quantitative estimate of drug-likeness (QED) is 0.915. The predicted octanol–water partition coefficient (Wildman–Crippen LogP) is 3.87. The van der Waals surface area contributed by atoms with Crippen molar-refractivity contribution < 1.29 is 19.0 Å². The Balaban J connectivity index is 1.58. The summed E-state index contributed by atoms with van der Waals surface area (Å²) < 4.78 is 19.7. The van der Waals surface area contributed by atoms with Crippen LogP contribution in [-0.4, -0.2) is 35.1 Å². The lowest BCUT2D eigenvalue weighted by molar-refractivity contribution is 0.0591. The van der Waals surface area contributed by atoms with E-state index in [2.05, 4.69) is 0 Å². The molecule has 0 aromatic heterocycles. The van der Waals surface area contributed by atoms with Crippen molar-refractivity contribution in [3.8, 4) is 11.5 Å². The highest BCUT2D eigenvalue weighted by molar-refractivity contribution is 6.30. The van der Waals surface area contributed by atoms with Gasteiger partial charge in [-0.25, -0.2) is 4.39 Å². The second kappa shape index (κ2) is 7.09. The van der Waals surface area contributed by atoms with Crippen LogP contribution in [0, 0.1) is 5.82 Å².